The van der Waals surface area contributed by atoms with Crippen LogP contribution in [0.4, 0.5) is 0 Å². The summed E-state index contributed by atoms with van der Waals surface area (Å²) in [5, 5.41) is 0. The number of rotatable bonds is 13. The van der Waals surface area contributed by atoms with Crippen molar-refractivity contribution in [3.05, 3.63) is 12.7 Å². The predicted molar refractivity (Wildman–Crippen MR) is 85.6 cm³/mol. The summed E-state index contributed by atoms with van der Waals surface area (Å²) in [6.07, 6.45) is 9.23. The second kappa shape index (κ2) is 14.6. The van der Waals surface area contributed by atoms with Gasteiger partial charge in [0.05, 0.1) is 19.6 Å². The Bertz CT molecular complexity index is 266. The monoisotopic (exact) mass is 363 g/mol. The first-order chi connectivity index (χ1) is 9.64. The average molecular weight is 364 g/mol. The molecule has 0 saturated carbocycles. The lowest BCUT2D eigenvalue weighted by molar-refractivity contribution is -0.925. The number of carbonyl (C=O) groups excluding carboxylic acids is 1. The second-order valence-electron chi connectivity index (χ2n) is 5.56. The van der Waals surface area contributed by atoms with Crippen LogP contribution in [-0.4, -0.2) is 43.2 Å². The molecule has 0 amide bonds. The highest BCUT2D eigenvalue weighted by Gasteiger charge is 2.22. The van der Waals surface area contributed by atoms with Crippen LogP contribution in [0.15, 0.2) is 12.7 Å². The SMILES string of the molecule is C=CC(=O)OCC[N+](CC)(CC)CCCCCCCC.[Br-]. The van der Waals surface area contributed by atoms with Crippen LogP contribution in [0.1, 0.15) is 59.3 Å². The standard InChI is InChI=1S/C17H34NO2.BrH/c1-5-9-10-11-12-13-14-18(7-3,8-4)15-16-20-17(19)6-2;/h6H,2,5,7-16H2,1,3-4H3;1H/q+1;/p-1. The van der Waals surface area contributed by atoms with Gasteiger partial charge in [-0.3, -0.25) is 0 Å². The highest BCUT2D eigenvalue weighted by Crippen LogP contribution is 2.12. The van der Waals surface area contributed by atoms with E-state index < -0.39 is 0 Å². The normalized spacial score (nSPS) is 10.8. The Hall–Kier alpha value is -0.350. The Labute approximate surface area is 142 Å². The van der Waals surface area contributed by atoms with Gasteiger partial charge >= 0.3 is 5.97 Å². The highest BCUT2D eigenvalue weighted by atomic mass is 79.9. The zero-order valence-corrected chi connectivity index (χ0v) is 15.8. The van der Waals surface area contributed by atoms with Gasteiger partial charge in [-0.1, -0.05) is 39.2 Å². The fourth-order valence-electron chi connectivity index (χ4n) is 2.59. The van der Waals surface area contributed by atoms with Crippen molar-refractivity contribution in [1.82, 2.24) is 0 Å². The van der Waals surface area contributed by atoms with Gasteiger partial charge in [0, 0.05) is 6.08 Å². The molecule has 0 aliphatic carbocycles. The van der Waals surface area contributed by atoms with Crippen molar-refractivity contribution in [2.45, 2.75) is 59.3 Å². The number of ether oxygens (including phenoxy) is 1. The Morgan fingerprint density at radius 3 is 2.10 bits per heavy atom. The Morgan fingerprint density at radius 1 is 1.00 bits per heavy atom. The van der Waals surface area contributed by atoms with E-state index in [9.17, 15) is 4.79 Å². The number of nitrogens with zero attached hydrogens (tertiary/aromatic N) is 1. The molecule has 0 saturated heterocycles. The van der Waals surface area contributed by atoms with Crippen LogP contribution in [0.2, 0.25) is 0 Å². The van der Waals surface area contributed by atoms with Crippen LogP contribution >= 0.6 is 0 Å². The van der Waals surface area contributed by atoms with Crippen molar-refractivity contribution in [2.75, 3.05) is 32.8 Å². The fourth-order valence-corrected chi connectivity index (χ4v) is 2.59. The lowest BCUT2D eigenvalue weighted by Gasteiger charge is -2.36. The lowest BCUT2D eigenvalue weighted by atomic mass is 10.1. The van der Waals surface area contributed by atoms with E-state index in [0.717, 1.165) is 24.1 Å². The molecule has 0 atom stereocenters. The van der Waals surface area contributed by atoms with Crippen LogP contribution < -0.4 is 17.0 Å². The van der Waals surface area contributed by atoms with Crippen LogP contribution in [-0.2, 0) is 9.53 Å². The predicted octanol–water partition coefficient (Wildman–Crippen LogP) is 0.937. The zero-order chi connectivity index (χ0) is 15.3. The molecule has 4 heteroatoms. The van der Waals surface area contributed by atoms with Crippen molar-refractivity contribution in [1.29, 1.82) is 0 Å². The number of halogens is 1. The molecule has 0 bridgehead atoms. The molecule has 0 rings (SSSR count). The molecular formula is C17H34BrNO2. The van der Waals surface area contributed by atoms with Crippen molar-refractivity contribution in [2.24, 2.45) is 0 Å². The van der Waals surface area contributed by atoms with Gasteiger partial charge in [-0.15, -0.1) is 0 Å². The molecule has 0 aromatic rings. The summed E-state index contributed by atoms with van der Waals surface area (Å²) in [5.41, 5.74) is 0. The Balaban J connectivity index is 0. The van der Waals surface area contributed by atoms with E-state index in [2.05, 4.69) is 27.4 Å². The van der Waals surface area contributed by atoms with E-state index in [1.807, 2.05) is 0 Å². The molecule has 0 aliphatic rings. The second-order valence-corrected chi connectivity index (χ2v) is 5.56. The summed E-state index contributed by atoms with van der Waals surface area (Å²) >= 11 is 0. The summed E-state index contributed by atoms with van der Waals surface area (Å²) in [6, 6.07) is 0. The van der Waals surface area contributed by atoms with E-state index in [1.165, 1.54) is 51.1 Å². The topological polar surface area (TPSA) is 26.3 Å². The third kappa shape index (κ3) is 10.9. The molecule has 0 unspecified atom stereocenters. The Kier molecular flexibility index (Phi) is 15.9. The number of quaternary nitrogens is 1. The first-order valence-corrected chi connectivity index (χ1v) is 8.28. The fraction of sp³-hybridized carbons (Fsp3) is 0.824. The van der Waals surface area contributed by atoms with Gasteiger partial charge in [0.15, 0.2) is 0 Å². The number of likely N-dealkylation sites (N-methyl/N-ethyl adjacent to an activating group) is 1. The molecule has 0 aliphatic heterocycles. The molecule has 0 radical (unpaired) electrons. The maximum Gasteiger partial charge on any atom is 0.330 e. The molecule has 126 valence electrons. The summed E-state index contributed by atoms with van der Waals surface area (Å²) in [4.78, 5) is 11.1. The number of unbranched alkanes of at least 4 members (excludes halogenated alkanes) is 5. The summed E-state index contributed by atoms with van der Waals surface area (Å²) in [6.45, 7) is 15.0. The van der Waals surface area contributed by atoms with E-state index in [0.29, 0.717) is 6.61 Å². The molecule has 21 heavy (non-hydrogen) atoms. The van der Waals surface area contributed by atoms with E-state index >= 15 is 0 Å². The molecular weight excluding hydrogens is 330 g/mol. The Morgan fingerprint density at radius 2 is 1.57 bits per heavy atom. The van der Waals surface area contributed by atoms with Crippen LogP contribution in [0.3, 0.4) is 0 Å². The first kappa shape index (κ1) is 22.9. The molecule has 0 heterocycles. The van der Waals surface area contributed by atoms with E-state index in [1.54, 1.807) is 0 Å². The van der Waals surface area contributed by atoms with Gasteiger partial charge in [-0.05, 0) is 26.7 Å². The molecule has 0 fully saturated rings. The van der Waals surface area contributed by atoms with Gasteiger partial charge in [-0.2, -0.15) is 0 Å². The summed E-state index contributed by atoms with van der Waals surface area (Å²) < 4.78 is 6.19. The van der Waals surface area contributed by atoms with Gasteiger partial charge in [-0.25, -0.2) is 4.79 Å². The van der Waals surface area contributed by atoms with Crippen molar-refractivity contribution < 1.29 is 31.0 Å². The number of carbonyl (C=O) groups is 1. The number of hydrogen-bond acceptors (Lipinski definition) is 2. The molecule has 0 spiro atoms. The van der Waals surface area contributed by atoms with Crippen molar-refractivity contribution >= 4 is 5.97 Å². The minimum atomic E-state index is -0.310. The largest absolute Gasteiger partial charge is 1.00 e. The summed E-state index contributed by atoms with van der Waals surface area (Å²) in [5.74, 6) is -0.310. The van der Waals surface area contributed by atoms with E-state index in [-0.39, 0.29) is 23.0 Å². The van der Waals surface area contributed by atoms with Gasteiger partial charge in [0.1, 0.15) is 13.2 Å². The highest BCUT2D eigenvalue weighted by molar-refractivity contribution is 5.81. The maximum atomic E-state index is 11.1. The number of esters is 1. The van der Waals surface area contributed by atoms with Crippen LogP contribution in [0, 0.1) is 0 Å². The van der Waals surface area contributed by atoms with Crippen molar-refractivity contribution in [3.8, 4) is 0 Å². The minimum Gasteiger partial charge on any atom is -1.00 e. The average Bonchev–Trinajstić information content (AvgIpc) is 2.48. The smallest absolute Gasteiger partial charge is 0.330 e. The van der Waals surface area contributed by atoms with Gasteiger partial charge in [0.2, 0.25) is 0 Å². The van der Waals surface area contributed by atoms with Gasteiger partial charge < -0.3 is 26.2 Å². The molecule has 0 aromatic heterocycles. The van der Waals surface area contributed by atoms with E-state index in [4.69, 9.17) is 4.74 Å². The molecule has 0 N–H and O–H groups in total. The van der Waals surface area contributed by atoms with Crippen LogP contribution in [0.5, 0.6) is 0 Å². The summed E-state index contributed by atoms with van der Waals surface area (Å²) in [7, 11) is 0. The third-order valence-electron chi connectivity index (χ3n) is 4.30. The number of hydrogen-bond donors (Lipinski definition) is 0. The maximum absolute atomic E-state index is 11.1. The van der Waals surface area contributed by atoms with Crippen LogP contribution in [0.25, 0.3) is 0 Å². The van der Waals surface area contributed by atoms with Gasteiger partial charge in [0.25, 0.3) is 0 Å². The molecule has 0 aromatic carbocycles. The van der Waals surface area contributed by atoms with Crippen molar-refractivity contribution in [3.63, 3.8) is 0 Å². The third-order valence-corrected chi connectivity index (χ3v) is 4.30. The lowest BCUT2D eigenvalue weighted by Crippen LogP contribution is -3.00. The minimum absolute atomic E-state index is 0. The zero-order valence-electron chi connectivity index (χ0n) is 14.2. The molecule has 3 nitrogen and oxygen atoms in total. The quantitative estimate of drug-likeness (QED) is 0.210. The first-order valence-electron chi connectivity index (χ1n) is 8.28.